The molecule has 102 valence electrons. The zero-order valence-electron chi connectivity index (χ0n) is 10.7. The Balaban J connectivity index is 1.92. The first kappa shape index (κ1) is 13.6. The van der Waals surface area contributed by atoms with Crippen molar-refractivity contribution in [3.05, 3.63) is 17.8 Å². The zero-order chi connectivity index (χ0) is 13.7. The number of hydrogen-bond donors (Lipinski definition) is 2. The van der Waals surface area contributed by atoms with Crippen LogP contribution in [0.25, 0.3) is 0 Å². The van der Waals surface area contributed by atoms with Gasteiger partial charge in [0.25, 0.3) is 0 Å². The summed E-state index contributed by atoms with van der Waals surface area (Å²) < 4.78 is 5.14. The second-order valence-electron chi connectivity index (χ2n) is 4.00. The molecule has 2 aromatic heterocycles. The Kier molecular flexibility index (Phi) is 4.56. The average molecular weight is 280 g/mol. The molecule has 8 heteroatoms. The van der Waals surface area contributed by atoms with Crippen LogP contribution in [0, 0.1) is 0 Å². The number of aromatic nitrogens is 4. The molecule has 0 aliphatic rings. The molecule has 0 spiro atoms. The van der Waals surface area contributed by atoms with Crippen molar-refractivity contribution in [2.75, 3.05) is 11.5 Å². The van der Waals surface area contributed by atoms with Gasteiger partial charge < -0.3 is 16.0 Å². The predicted molar refractivity (Wildman–Crippen MR) is 73.3 cm³/mol. The number of nitrogens with two attached hydrogens (primary N) is 2. The lowest BCUT2D eigenvalue weighted by atomic mass is 10.2. The highest BCUT2D eigenvalue weighted by atomic mass is 32.2. The molecule has 0 fully saturated rings. The quantitative estimate of drug-likeness (QED) is 0.606. The van der Waals surface area contributed by atoms with E-state index in [2.05, 4.69) is 27.0 Å². The Morgan fingerprint density at radius 2 is 1.95 bits per heavy atom. The number of rotatable bonds is 6. The molecule has 0 saturated carbocycles. The molecule has 0 saturated heterocycles. The van der Waals surface area contributed by atoms with Gasteiger partial charge >= 0.3 is 0 Å². The van der Waals surface area contributed by atoms with E-state index in [0.717, 1.165) is 25.1 Å². The van der Waals surface area contributed by atoms with Crippen LogP contribution in [-0.4, -0.2) is 20.1 Å². The monoisotopic (exact) mass is 280 g/mol. The number of nitrogen functional groups attached to an aromatic ring is 2. The Bertz CT molecular complexity index is 523. The summed E-state index contributed by atoms with van der Waals surface area (Å²) in [6, 6.07) is 1.51. The van der Waals surface area contributed by atoms with E-state index in [0.29, 0.717) is 28.4 Å². The fourth-order valence-corrected chi connectivity index (χ4v) is 2.15. The maximum atomic E-state index is 5.59. The molecule has 4 N–H and O–H groups in total. The Labute approximate surface area is 115 Å². The number of hydrogen-bond acceptors (Lipinski definition) is 8. The third-order valence-corrected chi connectivity index (χ3v) is 3.17. The molecule has 0 aliphatic heterocycles. The topological polar surface area (TPSA) is 117 Å². The molecule has 0 unspecified atom stereocenters. The number of unbranched alkanes of at least 4 members (excludes halogenated alkanes) is 1. The number of nitrogens with zero attached hydrogens (tertiary/aromatic N) is 4. The van der Waals surface area contributed by atoms with Gasteiger partial charge in [-0.3, -0.25) is 0 Å². The second-order valence-corrected chi connectivity index (χ2v) is 4.94. The number of anilines is 2. The molecular weight excluding hydrogens is 264 g/mol. The van der Waals surface area contributed by atoms with E-state index in [1.165, 1.54) is 17.8 Å². The fraction of sp³-hybridized carbons (Fsp3) is 0.455. The number of thioether (sulfide) groups is 1. The summed E-state index contributed by atoms with van der Waals surface area (Å²) >= 11 is 1.36. The molecule has 2 aromatic rings. The van der Waals surface area contributed by atoms with Crippen LogP contribution in [0.15, 0.2) is 15.7 Å². The van der Waals surface area contributed by atoms with E-state index in [1.54, 1.807) is 0 Å². The van der Waals surface area contributed by atoms with Crippen LogP contribution in [0.1, 0.15) is 31.5 Å². The van der Waals surface area contributed by atoms with Crippen LogP contribution in [0.4, 0.5) is 11.6 Å². The van der Waals surface area contributed by atoms with E-state index in [-0.39, 0.29) is 0 Å². The van der Waals surface area contributed by atoms with Crippen LogP contribution < -0.4 is 11.5 Å². The van der Waals surface area contributed by atoms with Gasteiger partial charge in [-0.25, -0.2) is 9.97 Å². The molecule has 0 aliphatic carbocycles. The Morgan fingerprint density at radius 1 is 1.21 bits per heavy atom. The van der Waals surface area contributed by atoms with E-state index >= 15 is 0 Å². The smallest absolute Gasteiger partial charge is 0.237 e. The fourth-order valence-electron chi connectivity index (χ4n) is 1.44. The predicted octanol–water partition coefficient (Wildman–Crippen LogP) is 1.66. The molecule has 0 atom stereocenters. The molecule has 0 aromatic carbocycles. The van der Waals surface area contributed by atoms with Gasteiger partial charge in [-0.05, 0) is 6.42 Å². The van der Waals surface area contributed by atoms with Crippen molar-refractivity contribution in [2.24, 2.45) is 0 Å². The minimum atomic E-state index is 0.351. The van der Waals surface area contributed by atoms with Gasteiger partial charge in [0, 0.05) is 12.5 Å². The summed E-state index contributed by atoms with van der Waals surface area (Å²) in [6.45, 7) is 2.12. The molecule has 7 nitrogen and oxygen atoms in total. The summed E-state index contributed by atoms with van der Waals surface area (Å²) in [5.74, 6) is 2.50. The van der Waals surface area contributed by atoms with Crippen molar-refractivity contribution in [1.82, 2.24) is 20.1 Å². The highest BCUT2D eigenvalue weighted by Gasteiger charge is 2.08. The third kappa shape index (κ3) is 4.09. The van der Waals surface area contributed by atoms with Crippen molar-refractivity contribution >= 4 is 23.4 Å². The summed E-state index contributed by atoms with van der Waals surface area (Å²) in [7, 11) is 0. The van der Waals surface area contributed by atoms with Crippen molar-refractivity contribution in [3.8, 4) is 0 Å². The highest BCUT2D eigenvalue weighted by molar-refractivity contribution is 7.98. The standard InChI is InChI=1S/C11H16N6OS/c1-2-3-4-9-16-10(18-17-9)6-19-11-14-7(12)5-8(13)15-11/h5H,2-4,6H2,1H3,(H4,12,13,14,15). The molecule has 19 heavy (non-hydrogen) atoms. The minimum Gasteiger partial charge on any atom is -0.383 e. The lowest BCUT2D eigenvalue weighted by Gasteiger charge is -2.00. The van der Waals surface area contributed by atoms with Crippen LogP contribution in [0.3, 0.4) is 0 Å². The van der Waals surface area contributed by atoms with Gasteiger partial charge in [0.15, 0.2) is 11.0 Å². The summed E-state index contributed by atoms with van der Waals surface area (Å²) in [6.07, 6.45) is 3.00. The molecule has 2 rings (SSSR count). The van der Waals surface area contributed by atoms with Gasteiger partial charge in [-0.15, -0.1) is 0 Å². The Hall–Kier alpha value is -1.83. The first-order valence-electron chi connectivity index (χ1n) is 6.01. The first-order valence-corrected chi connectivity index (χ1v) is 7.00. The van der Waals surface area contributed by atoms with Gasteiger partial charge in [0.05, 0.1) is 5.75 Å². The van der Waals surface area contributed by atoms with Crippen LogP contribution in [-0.2, 0) is 12.2 Å². The lowest BCUT2D eigenvalue weighted by molar-refractivity contribution is 0.384. The molecule has 0 radical (unpaired) electrons. The highest BCUT2D eigenvalue weighted by Crippen LogP contribution is 2.20. The van der Waals surface area contributed by atoms with E-state index in [4.69, 9.17) is 16.0 Å². The van der Waals surface area contributed by atoms with Crippen molar-refractivity contribution in [2.45, 2.75) is 37.1 Å². The van der Waals surface area contributed by atoms with Gasteiger partial charge in [-0.2, -0.15) is 4.98 Å². The zero-order valence-corrected chi connectivity index (χ0v) is 11.5. The van der Waals surface area contributed by atoms with E-state index < -0.39 is 0 Å². The van der Waals surface area contributed by atoms with E-state index in [1.807, 2.05) is 0 Å². The molecule has 0 amide bonds. The number of aryl methyl sites for hydroxylation is 1. The van der Waals surface area contributed by atoms with Crippen LogP contribution >= 0.6 is 11.8 Å². The SMILES string of the molecule is CCCCc1noc(CSc2nc(N)cc(N)n2)n1. The normalized spacial score (nSPS) is 10.8. The summed E-state index contributed by atoms with van der Waals surface area (Å²) in [5.41, 5.74) is 11.2. The van der Waals surface area contributed by atoms with E-state index in [9.17, 15) is 0 Å². The lowest BCUT2D eigenvalue weighted by Crippen LogP contribution is -1.99. The van der Waals surface area contributed by atoms with Gasteiger partial charge in [0.1, 0.15) is 11.6 Å². The van der Waals surface area contributed by atoms with Gasteiger partial charge in [-0.1, -0.05) is 30.3 Å². The van der Waals surface area contributed by atoms with Crippen molar-refractivity contribution in [3.63, 3.8) is 0 Å². The van der Waals surface area contributed by atoms with Gasteiger partial charge in [0.2, 0.25) is 5.89 Å². The average Bonchev–Trinajstić information content (AvgIpc) is 2.81. The minimum absolute atomic E-state index is 0.351. The molecule has 0 bridgehead atoms. The maximum absolute atomic E-state index is 5.59. The Morgan fingerprint density at radius 3 is 2.63 bits per heavy atom. The van der Waals surface area contributed by atoms with Crippen LogP contribution in [0.2, 0.25) is 0 Å². The summed E-state index contributed by atoms with van der Waals surface area (Å²) in [4.78, 5) is 12.4. The second kappa shape index (κ2) is 6.37. The first-order chi connectivity index (χ1) is 9.17. The third-order valence-electron chi connectivity index (χ3n) is 2.33. The van der Waals surface area contributed by atoms with Crippen molar-refractivity contribution < 1.29 is 4.52 Å². The summed E-state index contributed by atoms with van der Waals surface area (Å²) in [5, 5.41) is 4.42. The van der Waals surface area contributed by atoms with Crippen molar-refractivity contribution in [1.29, 1.82) is 0 Å². The maximum Gasteiger partial charge on any atom is 0.237 e. The molecule has 2 heterocycles. The molecular formula is C11H16N6OS. The largest absolute Gasteiger partial charge is 0.383 e. The van der Waals surface area contributed by atoms with Crippen LogP contribution in [0.5, 0.6) is 0 Å².